The zero-order valence-corrected chi connectivity index (χ0v) is 13.2. The molecule has 1 aromatic carbocycles. The van der Waals surface area contributed by atoms with Gasteiger partial charge in [-0.3, -0.25) is 9.59 Å². The highest BCUT2D eigenvalue weighted by atomic mass is 16.5. The summed E-state index contributed by atoms with van der Waals surface area (Å²) in [5.41, 5.74) is 0. The predicted molar refractivity (Wildman–Crippen MR) is 81.7 cm³/mol. The summed E-state index contributed by atoms with van der Waals surface area (Å²) in [6.07, 6.45) is -0.848. The van der Waals surface area contributed by atoms with Gasteiger partial charge in [-0.25, -0.2) is 0 Å². The molecule has 1 heterocycles. The van der Waals surface area contributed by atoms with Crippen molar-refractivity contribution >= 4 is 11.9 Å². The first-order valence-corrected chi connectivity index (χ1v) is 7.42. The lowest BCUT2D eigenvalue weighted by Gasteiger charge is -2.36. The molecule has 0 bridgehead atoms. The zero-order chi connectivity index (χ0) is 16.8. The number of rotatable bonds is 6. The number of amides is 1. The molecule has 0 aliphatic carbocycles. The van der Waals surface area contributed by atoms with E-state index in [1.54, 1.807) is 38.3 Å². The maximum absolute atomic E-state index is 12.5. The van der Waals surface area contributed by atoms with Crippen molar-refractivity contribution in [3.8, 4) is 11.5 Å². The fraction of sp³-hybridized carbons (Fsp3) is 0.500. The van der Waals surface area contributed by atoms with Gasteiger partial charge in [-0.2, -0.15) is 0 Å². The maximum atomic E-state index is 12.5. The number of benzene rings is 1. The van der Waals surface area contributed by atoms with Crippen molar-refractivity contribution in [2.75, 3.05) is 26.9 Å². The number of nitrogens with zero attached hydrogens (tertiary/aromatic N) is 1. The van der Waals surface area contributed by atoms with Crippen LogP contribution in [-0.4, -0.2) is 60.9 Å². The predicted octanol–water partition coefficient (Wildman–Crippen LogP) is 1.16. The van der Waals surface area contributed by atoms with E-state index in [9.17, 15) is 9.59 Å². The minimum absolute atomic E-state index is 0.138. The van der Waals surface area contributed by atoms with Crippen molar-refractivity contribution in [3.63, 3.8) is 0 Å². The van der Waals surface area contributed by atoms with Gasteiger partial charge >= 0.3 is 5.97 Å². The van der Waals surface area contributed by atoms with Crippen LogP contribution in [0.4, 0.5) is 0 Å². The Morgan fingerprint density at radius 1 is 1.35 bits per heavy atom. The summed E-state index contributed by atoms with van der Waals surface area (Å²) < 4.78 is 16.0. The van der Waals surface area contributed by atoms with Gasteiger partial charge in [0.1, 0.15) is 11.5 Å². The molecule has 0 spiro atoms. The molecule has 1 aromatic rings. The van der Waals surface area contributed by atoms with E-state index in [0.717, 1.165) is 0 Å². The third-order valence-corrected chi connectivity index (χ3v) is 3.64. The van der Waals surface area contributed by atoms with Crippen LogP contribution in [0.25, 0.3) is 0 Å². The van der Waals surface area contributed by atoms with E-state index in [0.29, 0.717) is 24.7 Å². The normalized spacial score (nSPS) is 19.0. The molecule has 126 valence electrons. The van der Waals surface area contributed by atoms with Crippen LogP contribution in [0.5, 0.6) is 11.5 Å². The molecule has 23 heavy (non-hydrogen) atoms. The first kappa shape index (κ1) is 17.1. The second kappa shape index (κ2) is 7.82. The largest absolute Gasteiger partial charge is 0.497 e. The van der Waals surface area contributed by atoms with Crippen molar-refractivity contribution in [1.82, 2.24) is 4.90 Å². The van der Waals surface area contributed by atoms with Crippen LogP contribution in [0.3, 0.4) is 0 Å². The Balaban J connectivity index is 2.00. The van der Waals surface area contributed by atoms with Gasteiger partial charge in [0.25, 0.3) is 5.91 Å². The highest BCUT2D eigenvalue weighted by molar-refractivity contribution is 5.82. The quantitative estimate of drug-likeness (QED) is 0.846. The molecule has 1 aliphatic rings. The number of aliphatic carboxylic acids is 1. The van der Waals surface area contributed by atoms with Crippen LogP contribution in [0.2, 0.25) is 0 Å². The molecule has 2 atom stereocenters. The summed E-state index contributed by atoms with van der Waals surface area (Å²) in [4.78, 5) is 25.0. The molecule has 0 saturated carbocycles. The first-order valence-electron chi connectivity index (χ1n) is 7.42. The molecule has 2 unspecified atom stereocenters. The fourth-order valence-corrected chi connectivity index (χ4v) is 2.46. The zero-order valence-electron chi connectivity index (χ0n) is 13.2. The molecule has 0 aromatic heterocycles. The van der Waals surface area contributed by atoms with Gasteiger partial charge in [0.2, 0.25) is 0 Å². The monoisotopic (exact) mass is 323 g/mol. The molecule has 0 radical (unpaired) electrons. The lowest BCUT2D eigenvalue weighted by molar-refractivity contribution is -0.150. The summed E-state index contributed by atoms with van der Waals surface area (Å²) in [7, 11) is 1.57. The minimum Gasteiger partial charge on any atom is -0.497 e. The van der Waals surface area contributed by atoms with Crippen molar-refractivity contribution in [3.05, 3.63) is 24.3 Å². The van der Waals surface area contributed by atoms with E-state index in [4.69, 9.17) is 19.3 Å². The van der Waals surface area contributed by atoms with Gasteiger partial charge in [-0.15, -0.1) is 0 Å². The second-order valence-corrected chi connectivity index (χ2v) is 5.29. The average Bonchev–Trinajstić information content (AvgIpc) is 2.55. The molecule has 7 nitrogen and oxygen atoms in total. The Kier molecular flexibility index (Phi) is 5.81. The molecule has 1 aliphatic heterocycles. The summed E-state index contributed by atoms with van der Waals surface area (Å²) in [5.74, 6) is 0.0538. The van der Waals surface area contributed by atoms with Gasteiger partial charge in [-0.05, 0) is 31.2 Å². The number of carbonyl (C=O) groups is 2. The number of methoxy groups -OCH3 is 1. The number of hydrogen-bond acceptors (Lipinski definition) is 5. The Bertz CT molecular complexity index is 544. The van der Waals surface area contributed by atoms with Crippen LogP contribution < -0.4 is 9.47 Å². The van der Waals surface area contributed by atoms with Crippen molar-refractivity contribution in [2.24, 2.45) is 0 Å². The molecular weight excluding hydrogens is 302 g/mol. The first-order chi connectivity index (χ1) is 11.0. The number of morpholine rings is 1. The Morgan fingerprint density at radius 3 is 2.61 bits per heavy atom. The minimum atomic E-state index is -0.956. The number of ether oxygens (including phenoxy) is 3. The lowest BCUT2D eigenvalue weighted by Crippen LogP contribution is -2.53. The summed E-state index contributed by atoms with van der Waals surface area (Å²) in [6, 6.07) is 6.46. The van der Waals surface area contributed by atoms with Crippen LogP contribution in [0.15, 0.2) is 24.3 Å². The molecule has 1 amide bonds. The maximum Gasteiger partial charge on any atom is 0.305 e. The summed E-state index contributed by atoms with van der Waals surface area (Å²) >= 11 is 0. The fourth-order valence-electron chi connectivity index (χ4n) is 2.46. The van der Waals surface area contributed by atoms with Crippen molar-refractivity contribution in [2.45, 2.75) is 25.5 Å². The van der Waals surface area contributed by atoms with Gasteiger partial charge in [0.15, 0.2) is 6.10 Å². The Morgan fingerprint density at radius 2 is 2.00 bits per heavy atom. The number of carboxylic acids is 1. The van der Waals surface area contributed by atoms with E-state index in [2.05, 4.69) is 0 Å². The Hall–Kier alpha value is -2.28. The van der Waals surface area contributed by atoms with Crippen LogP contribution in [-0.2, 0) is 14.3 Å². The molecule has 7 heteroatoms. The van der Waals surface area contributed by atoms with E-state index < -0.39 is 18.1 Å². The molecule has 1 N–H and O–H groups in total. The smallest absolute Gasteiger partial charge is 0.305 e. The van der Waals surface area contributed by atoms with E-state index in [1.807, 2.05) is 0 Å². The summed E-state index contributed by atoms with van der Waals surface area (Å²) in [5, 5.41) is 8.95. The number of carbonyl (C=O) groups excluding carboxylic acids is 1. The van der Waals surface area contributed by atoms with Crippen molar-refractivity contribution in [1.29, 1.82) is 0 Å². The molecule has 1 saturated heterocycles. The van der Waals surface area contributed by atoms with E-state index in [1.165, 1.54) is 4.90 Å². The van der Waals surface area contributed by atoms with Crippen LogP contribution in [0.1, 0.15) is 13.3 Å². The molecule has 2 rings (SSSR count). The van der Waals surface area contributed by atoms with Gasteiger partial charge in [0, 0.05) is 6.54 Å². The molecular formula is C16H21NO6. The topological polar surface area (TPSA) is 85.3 Å². The van der Waals surface area contributed by atoms with Gasteiger partial charge < -0.3 is 24.2 Å². The van der Waals surface area contributed by atoms with E-state index in [-0.39, 0.29) is 18.9 Å². The third-order valence-electron chi connectivity index (χ3n) is 3.64. The second-order valence-electron chi connectivity index (χ2n) is 5.29. The lowest BCUT2D eigenvalue weighted by atomic mass is 10.1. The SMILES string of the molecule is COc1ccc(OC(C)C(=O)N2CCOCC2CC(=O)O)cc1. The average molecular weight is 323 g/mol. The van der Waals surface area contributed by atoms with Crippen LogP contribution >= 0.6 is 0 Å². The number of carboxylic acid groups (broad SMARTS) is 1. The highest BCUT2D eigenvalue weighted by Crippen LogP contribution is 2.20. The van der Waals surface area contributed by atoms with Gasteiger partial charge in [-0.1, -0.05) is 0 Å². The molecule has 1 fully saturated rings. The summed E-state index contributed by atoms with van der Waals surface area (Å²) in [6.45, 7) is 2.65. The Labute approximate surface area is 134 Å². The number of hydrogen-bond donors (Lipinski definition) is 1. The van der Waals surface area contributed by atoms with Crippen molar-refractivity contribution < 1.29 is 28.9 Å². The third kappa shape index (κ3) is 4.59. The highest BCUT2D eigenvalue weighted by Gasteiger charge is 2.32. The van der Waals surface area contributed by atoms with Crippen LogP contribution in [0, 0.1) is 0 Å². The standard InChI is InChI=1S/C16H21NO6/c1-11(23-14-5-3-13(21-2)4-6-14)16(20)17-7-8-22-10-12(17)9-15(18)19/h3-6,11-12H,7-10H2,1-2H3,(H,18,19). The van der Waals surface area contributed by atoms with Gasteiger partial charge in [0.05, 0.1) is 32.8 Å². The van der Waals surface area contributed by atoms with E-state index >= 15 is 0 Å².